The summed E-state index contributed by atoms with van der Waals surface area (Å²) in [5.74, 6) is 0.220. The Hall–Kier alpha value is -2.74. The van der Waals surface area contributed by atoms with Crippen LogP contribution in [-0.2, 0) is 0 Å². The number of anilines is 2. The number of nitrogens with one attached hydrogen (secondary N) is 1. The maximum Gasteiger partial charge on any atom is 0.167 e. The number of nitrogens with two attached hydrogens (primary N) is 2. The molecule has 1 saturated heterocycles. The van der Waals surface area contributed by atoms with Crippen molar-refractivity contribution in [3.8, 4) is 5.75 Å². The Morgan fingerprint density at radius 3 is 2.70 bits per heavy atom. The van der Waals surface area contributed by atoms with Crippen LogP contribution in [0.5, 0.6) is 5.75 Å². The van der Waals surface area contributed by atoms with Gasteiger partial charge in [-0.3, -0.25) is 5.41 Å². The third-order valence-electron chi connectivity index (χ3n) is 4.55. The van der Waals surface area contributed by atoms with Gasteiger partial charge in [0.15, 0.2) is 11.6 Å². The van der Waals surface area contributed by atoms with E-state index in [0.29, 0.717) is 23.6 Å². The molecule has 0 saturated carbocycles. The molecule has 144 valence electrons. The van der Waals surface area contributed by atoms with E-state index in [0.717, 1.165) is 6.42 Å². The van der Waals surface area contributed by atoms with Gasteiger partial charge in [-0.1, -0.05) is 0 Å². The van der Waals surface area contributed by atoms with Gasteiger partial charge in [-0.05, 0) is 33.3 Å². The van der Waals surface area contributed by atoms with Gasteiger partial charge in [0, 0.05) is 42.0 Å². The van der Waals surface area contributed by atoms with Crippen molar-refractivity contribution in [2.45, 2.75) is 45.4 Å². The van der Waals surface area contributed by atoms with Crippen molar-refractivity contribution in [1.29, 1.82) is 5.41 Å². The summed E-state index contributed by atoms with van der Waals surface area (Å²) in [5, 5.41) is 8.53. The standard InChI is InChI=1S/C19H25FN6O/c1-10(2)27-17-5-13(15(22)6-14(17)20)19(23)16-7-18(25-9-24-16)26-8-12(21)4-11(26)3/h5-7,9-12,23H,4,8,21-22H2,1-3H3. The van der Waals surface area contributed by atoms with E-state index < -0.39 is 5.82 Å². The zero-order valence-electron chi connectivity index (χ0n) is 15.7. The van der Waals surface area contributed by atoms with Crippen LogP contribution in [0.3, 0.4) is 0 Å². The summed E-state index contributed by atoms with van der Waals surface area (Å²) < 4.78 is 19.6. The topological polar surface area (TPSA) is 114 Å². The first-order chi connectivity index (χ1) is 12.8. The molecule has 2 unspecified atom stereocenters. The summed E-state index contributed by atoms with van der Waals surface area (Å²) in [6.07, 6.45) is 2.11. The molecule has 0 bridgehead atoms. The zero-order valence-corrected chi connectivity index (χ0v) is 15.7. The molecular weight excluding hydrogens is 347 g/mol. The predicted molar refractivity (Wildman–Crippen MR) is 104 cm³/mol. The van der Waals surface area contributed by atoms with Crippen LogP contribution in [0.4, 0.5) is 15.9 Å². The van der Waals surface area contributed by atoms with Gasteiger partial charge < -0.3 is 21.1 Å². The maximum atomic E-state index is 14.1. The minimum Gasteiger partial charge on any atom is -0.488 e. The average Bonchev–Trinajstić information content (AvgIpc) is 2.95. The van der Waals surface area contributed by atoms with Gasteiger partial charge in [0.05, 0.1) is 17.5 Å². The molecule has 0 radical (unpaired) electrons. The van der Waals surface area contributed by atoms with Crippen LogP contribution >= 0.6 is 0 Å². The Bertz CT molecular complexity index is 856. The second-order valence-corrected chi connectivity index (χ2v) is 7.17. The predicted octanol–water partition coefficient (Wildman–Crippen LogP) is 2.33. The van der Waals surface area contributed by atoms with E-state index in [-0.39, 0.29) is 35.3 Å². The van der Waals surface area contributed by atoms with Crippen molar-refractivity contribution in [3.05, 3.63) is 41.6 Å². The lowest BCUT2D eigenvalue weighted by Crippen LogP contribution is -2.30. The molecule has 0 spiro atoms. The molecule has 2 aromatic rings. The number of nitrogen functional groups attached to an aromatic ring is 1. The first kappa shape index (κ1) is 19.0. The molecule has 0 amide bonds. The summed E-state index contributed by atoms with van der Waals surface area (Å²) in [4.78, 5) is 10.6. The lowest BCUT2D eigenvalue weighted by Gasteiger charge is -2.22. The highest BCUT2D eigenvalue weighted by atomic mass is 19.1. The highest BCUT2D eigenvalue weighted by molar-refractivity contribution is 6.13. The Morgan fingerprint density at radius 1 is 1.33 bits per heavy atom. The van der Waals surface area contributed by atoms with Gasteiger partial charge in [-0.2, -0.15) is 0 Å². The van der Waals surface area contributed by atoms with Crippen LogP contribution in [0.15, 0.2) is 24.5 Å². The van der Waals surface area contributed by atoms with Crippen molar-refractivity contribution < 1.29 is 9.13 Å². The summed E-state index contributed by atoms with van der Waals surface area (Å²) in [6.45, 7) is 6.41. The molecule has 2 heterocycles. The van der Waals surface area contributed by atoms with Crippen molar-refractivity contribution in [2.24, 2.45) is 5.73 Å². The Labute approximate surface area is 158 Å². The molecule has 3 rings (SSSR count). The summed E-state index contributed by atoms with van der Waals surface area (Å²) >= 11 is 0. The second-order valence-electron chi connectivity index (χ2n) is 7.17. The molecule has 1 aromatic heterocycles. The quantitative estimate of drug-likeness (QED) is 0.548. The van der Waals surface area contributed by atoms with E-state index in [2.05, 4.69) is 21.8 Å². The first-order valence-electron chi connectivity index (χ1n) is 8.95. The van der Waals surface area contributed by atoms with Gasteiger partial charge in [0.2, 0.25) is 0 Å². The van der Waals surface area contributed by atoms with Crippen molar-refractivity contribution >= 4 is 17.2 Å². The van der Waals surface area contributed by atoms with E-state index in [9.17, 15) is 4.39 Å². The highest BCUT2D eigenvalue weighted by Crippen LogP contribution is 2.28. The number of nitrogens with zero attached hydrogens (tertiary/aromatic N) is 3. The SMILES string of the molecule is CC(C)Oc1cc(C(=N)c2cc(N3CC(N)CC3C)ncn2)c(N)cc1F. The number of halogens is 1. The van der Waals surface area contributed by atoms with Crippen LogP contribution in [0, 0.1) is 11.2 Å². The van der Waals surface area contributed by atoms with Gasteiger partial charge in [0.1, 0.15) is 12.1 Å². The van der Waals surface area contributed by atoms with Crippen LogP contribution in [0.1, 0.15) is 38.4 Å². The summed E-state index contributed by atoms with van der Waals surface area (Å²) in [6, 6.07) is 4.72. The molecule has 8 heteroatoms. The lowest BCUT2D eigenvalue weighted by atomic mass is 10.0. The maximum absolute atomic E-state index is 14.1. The van der Waals surface area contributed by atoms with E-state index in [1.54, 1.807) is 19.9 Å². The molecule has 1 aromatic carbocycles. The molecule has 0 aliphatic carbocycles. The molecule has 1 aliphatic heterocycles. The largest absolute Gasteiger partial charge is 0.488 e. The summed E-state index contributed by atoms with van der Waals surface area (Å²) in [7, 11) is 0. The normalized spacial score (nSPS) is 19.6. The minimum absolute atomic E-state index is 0.0624. The van der Waals surface area contributed by atoms with Crippen molar-refractivity contribution in [1.82, 2.24) is 9.97 Å². The van der Waals surface area contributed by atoms with E-state index >= 15 is 0 Å². The molecule has 7 nitrogen and oxygen atoms in total. The number of rotatable bonds is 5. The smallest absolute Gasteiger partial charge is 0.167 e. The Kier molecular flexibility index (Phi) is 5.27. The monoisotopic (exact) mass is 372 g/mol. The molecule has 1 fully saturated rings. The van der Waals surface area contributed by atoms with Gasteiger partial charge in [-0.25, -0.2) is 14.4 Å². The third-order valence-corrected chi connectivity index (χ3v) is 4.55. The lowest BCUT2D eigenvalue weighted by molar-refractivity contribution is 0.231. The zero-order chi connectivity index (χ0) is 19.7. The molecule has 27 heavy (non-hydrogen) atoms. The Balaban J connectivity index is 1.93. The van der Waals surface area contributed by atoms with Crippen LogP contribution < -0.4 is 21.1 Å². The fourth-order valence-corrected chi connectivity index (χ4v) is 3.30. The minimum atomic E-state index is -0.555. The van der Waals surface area contributed by atoms with Crippen molar-refractivity contribution in [2.75, 3.05) is 17.2 Å². The second kappa shape index (κ2) is 7.48. The Morgan fingerprint density at radius 2 is 2.07 bits per heavy atom. The first-order valence-corrected chi connectivity index (χ1v) is 8.95. The molecule has 1 aliphatic rings. The van der Waals surface area contributed by atoms with Gasteiger partial charge in [0.25, 0.3) is 0 Å². The van der Waals surface area contributed by atoms with Gasteiger partial charge in [-0.15, -0.1) is 0 Å². The molecular formula is C19H25FN6O. The van der Waals surface area contributed by atoms with E-state index in [1.807, 2.05) is 0 Å². The number of hydrogen-bond donors (Lipinski definition) is 3. The van der Waals surface area contributed by atoms with Crippen LogP contribution in [-0.4, -0.2) is 40.4 Å². The van der Waals surface area contributed by atoms with Gasteiger partial charge >= 0.3 is 0 Å². The number of aromatic nitrogens is 2. The van der Waals surface area contributed by atoms with Crippen LogP contribution in [0.2, 0.25) is 0 Å². The molecule has 5 N–H and O–H groups in total. The number of ether oxygens (including phenoxy) is 1. The van der Waals surface area contributed by atoms with E-state index in [4.69, 9.17) is 21.6 Å². The fourth-order valence-electron chi connectivity index (χ4n) is 3.30. The van der Waals surface area contributed by atoms with E-state index in [1.165, 1.54) is 18.5 Å². The number of hydrogen-bond acceptors (Lipinski definition) is 7. The molecule has 2 atom stereocenters. The summed E-state index contributed by atoms with van der Waals surface area (Å²) in [5.41, 5.74) is 13.0. The number of benzene rings is 1. The average molecular weight is 372 g/mol. The highest BCUT2D eigenvalue weighted by Gasteiger charge is 2.28. The fraction of sp³-hybridized carbons (Fsp3) is 0.421. The third kappa shape index (κ3) is 4.00. The van der Waals surface area contributed by atoms with Crippen LogP contribution in [0.25, 0.3) is 0 Å². The van der Waals surface area contributed by atoms with Crippen molar-refractivity contribution in [3.63, 3.8) is 0 Å².